The SMILES string of the molecule is [N-]=[N+]=Nc1ccc(C(C[N+](=O)[O-])c2c(-c3ccccc3)[nH]c3ccccc23)cc1. The van der Waals surface area contributed by atoms with E-state index in [1.807, 2.05) is 54.6 Å². The van der Waals surface area contributed by atoms with Gasteiger partial charge in [-0.25, -0.2) is 0 Å². The average Bonchev–Trinajstić information content (AvgIpc) is 3.13. The first-order chi connectivity index (χ1) is 14.2. The van der Waals surface area contributed by atoms with Gasteiger partial charge in [-0.15, -0.1) is 0 Å². The lowest BCUT2D eigenvalue weighted by Gasteiger charge is -2.16. The molecule has 0 saturated heterocycles. The van der Waals surface area contributed by atoms with Gasteiger partial charge in [0, 0.05) is 26.4 Å². The molecule has 4 rings (SSSR count). The average molecular weight is 383 g/mol. The number of H-pyrrole nitrogens is 1. The van der Waals surface area contributed by atoms with Crippen molar-refractivity contribution >= 4 is 16.6 Å². The van der Waals surface area contributed by atoms with Crippen LogP contribution in [0, 0.1) is 10.1 Å². The predicted octanol–water partition coefficient (Wildman–Crippen LogP) is 6.19. The maximum absolute atomic E-state index is 11.6. The first-order valence-corrected chi connectivity index (χ1v) is 9.10. The largest absolute Gasteiger partial charge is 0.354 e. The number of nitro groups is 1. The molecule has 1 atom stereocenters. The number of fused-ring (bicyclic) bond motifs is 1. The Morgan fingerprint density at radius 3 is 2.38 bits per heavy atom. The van der Waals surface area contributed by atoms with Crippen molar-refractivity contribution in [3.05, 3.63) is 111 Å². The van der Waals surface area contributed by atoms with Gasteiger partial charge >= 0.3 is 0 Å². The van der Waals surface area contributed by atoms with Crippen LogP contribution in [0.1, 0.15) is 17.0 Å². The van der Waals surface area contributed by atoms with Gasteiger partial charge in [-0.1, -0.05) is 77.9 Å². The van der Waals surface area contributed by atoms with Gasteiger partial charge < -0.3 is 4.98 Å². The van der Waals surface area contributed by atoms with Gasteiger partial charge in [0.25, 0.3) is 0 Å². The molecule has 0 aliphatic carbocycles. The van der Waals surface area contributed by atoms with Gasteiger partial charge in [0.1, 0.15) is 0 Å². The van der Waals surface area contributed by atoms with E-state index in [1.54, 1.807) is 24.3 Å². The maximum atomic E-state index is 11.6. The summed E-state index contributed by atoms with van der Waals surface area (Å²) in [4.78, 5) is 17.5. The van der Waals surface area contributed by atoms with E-state index in [1.165, 1.54) is 0 Å². The standard InChI is InChI=1S/C22H17N5O2/c23-26-25-17-12-10-15(11-13-17)19(14-27(28)29)21-18-8-4-5-9-20(18)24-22(21)16-6-2-1-3-7-16/h1-13,19,24H,14H2. The van der Waals surface area contributed by atoms with Crippen molar-refractivity contribution in [3.8, 4) is 11.3 Å². The van der Waals surface area contributed by atoms with Crippen molar-refractivity contribution in [1.29, 1.82) is 0 Å². The second-order valence-corrected chi connectivity index (χ2v) is 6.67. The number of hydrogen-bond acceptors (Lipinski definition) is 3. The lowest BCUT2D eigenvalue weighted by molar-refractivity contribution is -0.481. The molecule has 1 N–H and O–H groups in total. The summed E-state index contributed by atoms with van der Waals surface area (Å²) in [5, 5.41) is 16.1. The zero-order valence-electron chi connectivity index (χ0n) is 15.4. The topological polar surface area (TPSA) is 108 Å². The van der Waals surface area contributed by atoms with E-state index in [2.05, 4.69) is 15.0 Å². The van der Waals surface area contributed by atoms with Crippen LogP contribution in [0.25, 0.3) is 32.6 Å². The second-order valence-electron chi connectivity index (χ2n) is 6.67. The highest BCUT2D eigenvalue weighted by molar-refractivity contribution is 5.92. The Bertz CT molecular complexity index is 1210. The van der Waals surface area contributed by atoms with Crippen molar-refractivity contribution in [1.82, 2.24) is 4.98 Å². The first kappa shape index (κ1) is 18.3. The van der Waals surface area contributed by atoms with Gasteiger partial charge in [0.2, 0.25) is 6.54 Å². The van der Waals surface area contributed by atoms with Crippen LogP contribution in [-0.4, -0.2) is 16.5 Å². The molecule has 0 amide bonds. The van der Waals surface area contributed by atoms with Crippen molar-refractivity contribution < 1.29 is 4.92 Å². The molecule has 1 aromatic heterocycles. The molecule has 0 aliphatic rings. The van der Waals surface area contributed by atoms with E-state index in [4.69, 9.17) is 5.53 Å². The molecule has 0 spiro atoms. The predicted molar refractivity (Wildman–Crippen MR) is 113 cm³/mol. The van der Waals surface area contributed by atoms with E-state index in [0.717, 1.165) is 33.3 Å². The van der Waals surface area contributed by atoms with Crippen LogP contribution in [0.3, 0.4) is 0 Å². The summed E-state index contributed by atoms with van der Waals surface area (Å²) in [6.45, 7) is -0.247. The number of aromatic nitrogens is 1. The monoisotopic (exact) mass is 383 g/mol. The van der Waals surface area contributed by atoms with Crippen molar-refractivity contribution in [2.75, 3.05) is 6.54 Å². The molecule has 1 unspecified atom stereocenters. The molecule has 0 radical (unpaired) electrons. The fraction of sp³-hybridized carbons (Fsp3) is 0.0909. The summed E-state index contributed by atoms with van der Waals surface area (Å²) in [6, 6.07) is 24.6. The Kier molecular flexibility index (Phi) is 4.97. The summed E-state index contributed by atoms with van der Waals surface area (Å²) in [7, 11) is 0. The number of para-hydroxylation sites is 1. The zero-order chi connectivity index (χ0) is 20.2. The van der Waals surface area contributed by atoms with Gasteiger partial charge in [0.15, 0.2) is 0 Å². The summed E-state index contributed by atoms with van der Waals surface area (Å²) < 4.78 is 0. The van der Waals surface area contributed by atoms with Crippen LogP contribution >= 0.6 is 0 Å². The second kappa shape index (κ2) is 7.88. The number of rotatable bonds is 6. The fourth-order valence-electron chi connectivity index (χ4n) is 3.70. The van der Waals surface area contributed by atoms with Gasteiger partial charge in [0.05, 0.1) is 11.6 Å². The number of aromatic amines is 1. The number of nitrogens with one attached hydrogen (secondary N) is 1. The molecule has 4 aromatic rings. The van der Waals surface area contributed by atoms with Crippen LogP contribution in [0.2, 0.25) is 0 Å². The van der Waals surface area contributed by atoms with Crippen LogP contribution in [0.15, 0.2) is 84.0 Å². The third-order valence-corrected chi connectivity index (χ3v) is 4.94. The Morgan fingerprint density at radius 1 is 1.00 bits per heavy atom. The Hall–Kier alpha value is -4.09. The lowest BCUT2D eigenvalue weighted by atomic mass is 9.87. The number of hydrogen-bond donors (Lipinski definition) is 1. The molecule has 142 valence electrons. The minimum absolute atomic E-state index is 0.247. The van der Waals surface area contributed by atoms with Gasteiger partial charge in [-0.05, 0) is 28.3 Å². The normalized spacial score (nSPS) is 11.7. The smallest absolute Gasteiger partial charge is 0.214 e. The molecule has 0 aliphatic heterocycles. The van der Waals surface area contributed by atoms with Crippen LogP contribution in [-0.2, 0) is 0 Å². The molecule has 7 heteroatoms. The first-order valence-electron chi connectivity index (χ1n) is 9.10. The third-order valence-electron chi connectivity index (χ3n) is 4.94. The molecule has 0 saturated carbocycles. The molecular formula is C22H17N5O2. The summed E-state index contributed by atoms with van der Waals surface area (Å²) in [5.74, 6) is -0.462. The van der Waals surface area contributed by atoms with Crippen LogP contribution in [0.5, 0.6) is 0 Å². The van der Waals surface area contributed by atoms with Gasteiger partial charge in [-0.3, -0.25) is 10.1 Å². The van der Waals surface area contributed by atoms with E-state index in [-0.39, 0.29) is 11.5 Å². The highest BCUT2D eigenvalue weighted by Crippen LogP contribution is 2.39. The molecule has 29 heavy (non-hydrogen) atoms. The summed E-state index contributed by atoms with van der Waals surface area (Å²) >= 11 is 0. The molecule has 3 aromatic carbocycles. The fourth-order valence-corrected chi connectivity index (χ4v) is 3.70. The van der Waals surface area contributed by atoms with Crippen LogP contribution < -0.4 is 0 Å². The number of benzene rings is 3. The molecule has 0 bridgehead atoms. The lowest BCUT2D eigenvalue weighted by Crippen LogP contribution is -2.14. The highest BCUT2D eigenvalue weighted by atomic mass is 16.6. The summed E-state index contributed by atoms with van der Waals surface area (Å²) in [5.41, 5.74) is 13.5. The molecular weight excluding hydrogens is 366 g/mol. The van der Waals surface area contributed by atoms with Crippen molar-refractivity contribution in [3.63, 3.8) is 0 Å². The van der Waals surface area contributed by atoms with E-state index < -0.39 is 5.92 Å². The van der Waals surface area contributed by atoms with Crippen molar-refractivity contribution in [2.45, 2.75) is 5.92 Å². The van der Waals surface area contributed by atoms with E-state index >= 15 is 0 Å². The Morgan fingerprint density at radius 2 is 1.69 bits per heavy atom. The van der Waals surface area contributed by atoms with E-state index in [9.17, 15) is 10.1 Å². The Balaban J connectivity index is 1.94. The van der Waals surface area contributed by atoms with E-state index in [0.29, 0.717) is 5.69 Å². The Labute approximate surface area is 166 Å². The summed E-state index contributed by atoms with van der Waals surface area (Å²) in [6.07, 6.45) is 0. The number of nitrogens with zero attached hydrogens (tertiary/aromatic N) is 4. The quantitative estimate of drug-likeness (QED) is 0.141. The third kappa shape index (κ3) is 3.67. The molecule has 1 heterocycles. The molecule has 0 fully saturated rings. The maximum Gasteiger partial charge on any atom is 0.214 e. The van der Waals surface area contributed by atoms with Gasteiger partial charge in [-0.2, -0.15) is 0 Å². The minimum Gasteiger partial charge on any atom is -0.354 e. The zero-order valence-corrected chi connectivity index (χ0v) is 15.4. The van der Waals surface area contributed by atoms with Crippen LogP contribution in [0.4, 0.5) is 5.69 Å². The minimum atomic E-state index is -0.462. The number of azide groups is 1. The highest BCUT2D eigenvalue weighted by Gasteiger charge is 2.27. The van der Waals surface area contributed by atoms with Crippen molar-refractivity contribution in [2.24, 2.45) is 5.11 Å². The molecule has 7 nitrogen and oxygen atoms in total.